The standard InChI is InChI=1S/C32H34N2O7/c1-20(28(35)24-15-9-6-10-16-24)34-31(36)40-29-21(2)33-22(3)30(41-32(37)38-4)27(29)25-17-11-12-18-26(25)39-19-23-13-7-5-8-14-23/h5-18,20,27-28,33,35H,19H2,1-4H3,(H,34,36)/t20-,27?,28+/m1/s1. The molecular weight excluding hydrogens is 524 g/mol. The molecule has 3 aromatic rings. The van der Waals surface area contributed by atoms with Crippen LogP contribution < -0.4 is 15.4 Å². The highest BCUT2D eigenvalue weighted by atomic mass is 16.7. The minimum Gasteiger partial charge on any atom is -0.489 e. The van der Waals surface area contributed by atoms with Crippen molar-refractivity contribution in [1.29, 1.82) is 0 Å². The smallest absolute Gasteiger partial charge is 0.489 e. The summed E-state index contributed by atoms with van der Waals surface area (Å²) in [6.07, 6.45) is -2.66. The van der Waals surface area contributed by atoms with Gasteiger partial charge < -0.3 is 34.7 Å². The van der Waals surface area contributed by atoms with Crippen molar-refractivity contribution >= 4 is 12.2 Å². The number of aliphatic hydroxyl groups excluding tert-OH is 1. The maximum atomic E-state index is 13.2. The Bertz CT molecular complexity index is 1420. The molecule has 3 aromatic carbocycles. The van der Waals surface area contributed by atoms with Gasteiger partial charge in [0.25, 0.3) is 0 Å². The van der Waals surface area contributed by atoms with E-state index in [9.17, 15) is 14.7 Å². The lowest BCUT2D eigenvalue weighted by atomic mass is 9.90. The molecule has 0 aliphatic carbocycles. The van der Waals surface area contributed by atoms with Crippen LogP contribution in [0.3, 0.4) is 0 Å². The van der Waals surface area contributed by atoms with Crippen molar-refractivity contribution in [1.82, 2.24) is 10.6 Å². The molecule has 1 heterocycles. The van der Waals surface area contributed by atoms with Crippen molar-refractivity contribution in [2.75, 3.05) is 7.11 Å². The summed E-state index contributed by atoms with van der Waals surface area (Å²) in [7, 11) is 1.21. The molecule has 3 atom stereocenters. The molecule has 9 nitrogen and oxygen atoms in total. The summed E-state index contributed by atoms with van der Waals surface area (Å²) < 4.78 is 22.4. The van der Waals surface area contributed by atoms with E-state index in [-0.39, 0.29) is 11.5 Å². The number of aliphatic hydroxyl groups is 1. The second-order valence-electron chi connectivity index (χ2n) is 9.58. The zero-order chi connectivity index (χ0) is 29.4. The first kappa shape index (κ1) is 29.2. The van der Waals surface area contributed by atoms with Crippen molar-refractivity contribution in [3.8, 4) is 5.75 Å². The fourth-order valence-corrected chi connectivity index (χ4v) is 4.56. The molecule has 3 N–H and O–H groups in total. The van der Waals surface area contributed by atoms with Gasteiger partial charge in [-0.1, -0.05) is 78.9 Å². The van der Waals surface area contributed by atoms with Gasteiger partial charge in [0.05, 0.1) is 30.6 Å². The number of carbonyl (C=O) groups excluding carboxylic acids is 2. The van der Waals surface area contributed by atoms with Gasteiger partial charge in [0.15, 0.2) is 0 Å². The molecule has 0 saturated carbocycles. The average molecular weight is 559 g/mol. The number of amides is 1. The number of hydrogen-bond acceptors (Lipinski definition) is 8. The van der Waals surface area contributed by atoms with Crippen LogP contribution in [0.2, 0.25) is 0 Å². The second kappa shape index (κ2) is 13.5. The molecule has 0 spiro atoms. The maximum Gasteiger partial charge on any atom is 0.513 e. The van der Waals surface area contributed by atoms with E-state index in [1.807, 2.05) is 66.7 Å². The van der Waals surface area contributed by atoms with Crippen LogP contribution in [0.5, 0.6) is 5.75 Å². The average Bonchev–Trinajstić information content (AvgIpc) is 2.99. The third-order valence-electron chi connectivity index (χ3n) is 6.63. The normalized spacial score (nSPS) is 16.3. The number of hydrogen-bond donors (Lipinski definition) is 3. The van der Waals surface area contributed by atoms with Gasteiger partial charge in [-0.25, -0.2) is 9.59 Å². The van der Waals surface area contributed by atoms with E-state index in [0.29, 0.717) is 34.9 Å². The first-order valence-electron chi connectivity index (χ1n) is 13.2. The molecule has 4 rings (SSSR count). The number of benzene rings is 3. The molecule has 0 aromatic heterocycles. The molecule has 1 aliphatic heterocycles. The number of nitrogens with one attached hydrogen (secondary N) is 2. The van der Waals surface area contributed by atoms with Crippen LogP contribution in [0.25, 0.3) is 0 Å². The Labute approximate surface area is 239 Å². The lowest BCUT2D eigenvalue weighted by Gasteiger charge is -2.31. The summed E-state index contributed by atoms with van der Waals surface area (Å²) in [5.74, 6) is 0.0779. The van der Waals surface area contributed by atoms with E-state index in [1.165, 1.54) is 7.11 Å². The largest absolute Gasteiger partial charge is 0.513 e. The van der Waals surface area contributed by atoms with Crippen molar-refractivity contribution < 1.29 is 33.6 Å². The van der Waals surface area contributed by atoms with Crippen LogP contribution in [0.15, 0.2) is 108 Å². The monoisotopic (exact) mass is 558 g/mol. The topological polar surface area (TPSA) is 115 Å². The number of alkyl carbamates (subject to hydrolysis) is 1. The van der Waals surface area contributed by atoms with Crippen molar-refractivity contribution in [3.63, 3.8) is 0 Å². The van der Waals surface area contributed by atoms with Crippen molar-refractivity contribution in [2.24, 2.45) is 0 Å². The summed E-state index contributed by atoms with van der Waals surface area (Å²) >= 11 is 0. The van der Waals surface area contributed by atoms with Gasteiger partial charge in [0, 0.05) is 5.56 Å². The summed E-state index contributed by atoms with van der Waals surface area (Å²) in [6, 6.07) is 25.3. The van der Waals surface area contributed by atoms with Crippen LogP contribution in [-0.2, 0) is 20.8 Å². The Kier molecular flexibility index (Phi) is 9.65. The van der Waals surface area contributed by atoms with E-state index in [0.717, 1.165) is 5.56 Å². The van der Waals surface area contributed by atoms with E-state index in [1.54, 1.807) is 39.0 Å². The first-order valence-corrected chi connectivity index (χ1v) is 13.2. The molecule has 0 saturated heterocycles. The van der Waals surface area contributed by atoms with Crippen LogP contribution in [-0.4, -0.2) is 30.5 Å². The number of dihydropyridines is 1. The zero-order valence-corrected chi connectivity index (χ0v) is 23.4. The van der Waals surface area contributed by atoms with E-state index in [2.05, 4.69) is 10.6 Å². The zero-order valence-electron chi connectivity index (χ0n) is 23.4. The Morgan fingerprint density at radius 3 is 2.12 bits per heavy atom. The Hall–Kier alpha value is -4.76. The number of methoxy groups -OCH3 is 1. The molecule has 0 radical (unpaired) electrons. The molecule has 41 heavy (non-hydrogen) atoms. The van der Waals surface area contributed by atoms with E-state index < -0.39 is 30.3 Å². The first-order chi connectivity index (χ1) is 19.8. The van der Waals surface area contributed by atoms with Gasteiger partial charge in [-0.3, -0.25) is 0 Å². The molecular formula is C32H34N2O7. The summed E-state index contributed by atoms with van der Waals surface area (Å²) in [5.41, 5.74) is 3.32. The van der Waals surface area contributed by atoms with Gasteiger partial charge in [-0.2, -0.15) is 0 Å². The lowest BCUT2D eigenvalue weighted by Crippen LogP contribution is -2.39. The number of para-hydroxylation sites is 1. The quantitative estimate of drug-likeness (QED) is 0.272. The van der Waals surface area contributed by atoms with E-state index >= 15 is 0 Å². The molecule has 0 bridgehead atoms. The highest BCUT2D eigenvalue weighted by molar-refractivity contribution is 5.70. The number of ether oxygens (including phenoxy) is 4. The SMILES string of the molecule is COC(=O)OC1=C(C)NC(C)=C(OC(=O)N[C@H](C)[C@H](O)c2ccccc2)C1c1ccccc1OCc1ccccc1. The van der Waals surface area contributed by atoms with Crippen LogP contribution in [0, 0.1) is 0 Å². The maximum absolute atomic E-state index is 13.2. The molecule has 9 heteroatoms. The second-order valence-corrected chi connectivity index (χ2v) is 9.58. The van der Waals surface area contributed by atoms with E-state index in [4.69, 9.17) is 18.9 Å². The Balaban J connectivity index is 1.64. The fraction of sp³-hybridized carbons (Fsp3) is 0.250. The molecule has 1 amide bonds. The van der Waals surface area contributed by atoms with Crippen molar-refractivity contribution in [3.05, 3.63) is 125 Å². The molecule has 214 valence electrons. The molecule has 0 fully saturated rings. The Morgan fingerprint density at radius 1 is 0.878 bits per heavy atom. The summed E-state index contributed by atoms with van der Waals surface area (Å²) in [5, 5.41) is 16.6. The van der Waals surface area contributed by atoms with Gasteiger partial charge in [0.2, 0.25) is 0 Å². The number of carbonyl (C=O) groups is 2. The summed E-state index contributed by atoms with van der Waals surface area (Å²) in [6.45, 7) is 5.48. The number of allylic oxidation sites excluding steroid dienone is 2. The third kappa shape index (κ3) is 7.26. The molecule has 1 aliphatic rings. The third-order valence-corrected chi connectivity index (χ3v) is 6.63. The minimum atomic E-state index is -0.952. The predicted molar refractivity (Wildman–Crippen MR) is 152 cm³/mol. The van der Waals surface area contributed by atoms with Crippen LogP contribution in [0.4, 0.5) is 9.59 Å². The van der Waals surface area contributed by atoms with Crippen LogP contribution in [0.1, 0.15) is 49.5 Å². The summed E-state index contributed by atoms with van der Waals surface area (Å²) in [4.78, 5) is 25.4. The Morgan fingerprint density at radius 2 is 1.46 bits per heavy atom. The van der Waals surface area contributed by atoms with Gasteiger partial charge in [-0.05, 0) is 38.0 Å². The highest BCUT2D eigenvalue weighted by Gasteiger charge is 2.37. The van der Waals surface area contributed by atoms with Gasteiger partial charge in [-0.15, -0.1) is 0 Å². The predicted octanol–water partition coefficient (Wildman–Crippen LogP) is 6.05. The fourth-order valence-electron chi connectivity index (χ4n) is 4.56. The van der Waals surface area contributed by atoms with Gasteiger partial charge in [0.1, 0.15) is 29.8 Å². The van der Waals surface area contributed by atoms with Crippen molar-refractivity contribution in [2.45, 2.75) is 45.4 Å². The minimum absolute atomic E-state index is 0.193. The lowest BCUT2D eigenvalue weighted by molar-refractivity contribution is 0.0876. The molecule has 1 unspecified atom stereocenters. The number of rotatable bonds is 9. The van der Waals surface area contributed by atoms with Crippen LogP contribution >= 0.6 is 0 Å². The van der Waals surface area contributed by atoms with Gasteiger partial charge >= 0.3 is 12.2 Å². The highest BCUT2D eigenvalue weighted by Crippen LogP contribution is 2.43.